The molecule has 0 radical (unpaired) electrons. The topological polar surface area (TPSA) is 9.23 Å². The molecule has 13 rings (SSSR count). The molecule has 9 aromatic carbocycles. The van der Waals surface area contributed by atoms with Crippen LogP contribution in [-0.2, 0) is 10.8 Å². The van der Waals surface area contributed by atoms with Crippen molar-refractivity contribution in [1.29, 1.82) is 0 Å². The van der Waals surface area contributed by atoms with Crippen molar-refractivity contribution in [2.24, 2.45) is 0 Å². The van der Waals surface area contributed by atoms with Crippen LogP contribution in [0.1, 0.15) is 44.5 Å². The maximum absolute atomic E-state index is 6.90. The molecule has 0 fully saturated rings. The lowest BCUT2D eigenvalue weighted by atomic mass is 9.66. The highest BCUT2D eigenvalue weighted by molar-refractivity contribution is 6.04. The van der Waals surface area contributed by atoms with E-state index in [1.165, 1.54) is 94.2 Å². The lowest BCUT2D eigenvalue weighted by molar-refractivity contribution is 0.436. The third-order valence-corrected chi connectivity index (χ3v) is 13.2. The minimum absolute atomic E-state index is 0.407. The molecule has 1 atom stereocenters. The van der Waals surface area contributed by atoms with Crippen LogP contribution in [0, 0.1) is 0 Å². The Hall–Kier alpha value is -6.96. The van der Waals surface area contributed by atoms with Crippen molar-refractivity contribution in [2.75, 3.05) is 0 Å². The molecule has 254 valence electrons. The number of ether oxygens (including phenoxy) is 1. The highest BCUT2D eigenvalue weighted by atomic mass is 16.5. The standard InChI is InChI=1S/C54H32O/c1-2-14-36-33(13-1)25-28-41-39-17-5-9-21-45(39)54(52(36)41)46-22-10-6-18-40(46)42-31-34(26-29-47(42)54)35-27-30-49-51(32-35)55-50-24-12-11-23-48(50)53(49)43-19-7-3-15-37(43)38-16-4-8-20-44(38)53/h1-32H. The SMILES string of the molecule is c1ccc2c(c1)Oc1cc(-c3ccc4c(c3)-c3ccccc3C43c4ccccc4-c4ccc5ccccc5c43)ccc1C21c2ccccc2-c2ccccc21. The summed E-state index contributed by atoms with van der Waals surface area (Å²) in [5.41, 5.74) is 19.7. The summed E-state index contributed by atoms with van der Waals surface area (Å²) in [5, 5.41) is 2.59. The third kappa shape index (κ3) is 3.46. The normalized spacial score (nSPS) is 16.7. The molecule has 2 spiro atoms. The molecule has 0 amide bonds. The maximum atomic E-state index is 6.90. The van der Waals surface area contributed by atoms with Crippen molar-refractivity contribution < 1.29 is 4.74 Å². The van der Waals surface area contributed by atoms with Crippen LogP contribution in [0.5, 0.6) is 11.5 Å². The molecule has 1 nitrogen and oxygen atoms in total. The van der Waals surface area contributed by atoms with Gasteiger partial charge in [0.2, 0.25) is 0 Å². The van der Waals surface area contributed by atoms with E-state index in [9.17, 15) is 0 Å². The lowest BCUT2D eigenvalue weighted by Crippen LogP contribution is -2.32. The number of rotatable bonds is 1. The van der Waals surface area contributed by atoms with Crippen molar-refractivity contribution in [3.63, 3.8) is 0 Å². The zero-order chi connectivity index (χ0) is 35.9. The minimum atomic E-state index is -0.467. The van der Waals surface area contributed by atoms with Gasteiger partial charge >= 0.3 is 0 Å². The molecular formula is C54H32O. The third-order valence-electron chi connectivity index (χ3n) is 13.2. The van der Waals surface area contributed by atoms with Crippen LogP contribution in [0.15, 0.2) is 194 Å². The quantitative estimate of drug-likeness (QED) is 0.166. The summed E-state index contributed by atoms with van der Waals surface area (Å²) in [6.07, 6.45) is 0. The van der Waals surface area contributed by atoms with Crippen molar-refractivity contribution >= 4 is 10.8 Å². The van der Waals surface area contributed by atoms with E-state index in [4.69, 9.17) is 4.74 Å². The number of hydrogen-bond donors (Lipinski definition) is 0. The summed E-state index contributed by atoms with van der Waals surface area (Å²) in [4.78, 5) is 0. The lowest BCUT2D eigenvalue weighted by Gasteiger charge is -2.39. The van der Waals surface area contributed by atoms with Gasteiger partial charge in [0.25, 0.3) is 0 Å². The zero-order valence-electron chi connectivity index (χ0n) is 29.9. The van der Waals surface area contributed by atoms with Gasteiger partial charge in [-0.2, -0.15) is 0 Å². The van der Waals surface area contributed by atoms with Gasteiger partial charge in [0, 0.05) is 11.1 Å². The molecule has 1 aliphatic heterocycles. The molecular weight excluding hydrogens is 665 g/mol. The fraction of sp³-hybridized carbons (Fsp3) is 0.0370. The molecule has 4 aliphatic rings. The van der Waals surface area contributed by atoms with E-state index < -0.39 is 10.8 Å². The molecule has 55 heavy (non-hydrogen) atoms. The Morgan fingerprint density at radius 1 is 0.291 bits per heavy atom. The second kappa shape index (κ2) is 10.4. The van der Waals surface area contributed by atoms with Crippen molar-refractivity contribution in [2.45, 2.75) is 10.8 Å². The number of fused-ring (bicyclic) bond motifs is 21. The fourth-order valence-corrected chi connectivity index (χ4v) is 11.1. The molecule has 0 bridgehead atoms. The number of para-hydroxylation sites is 1. The van der Waals surface area contributed by atoms with Crippen LogP contribution in [0.3, 0.4) is 0 Å². The molecule has 1 heteroatoms. The Kier molecular flexibility index (Phi) is 5.56. The smallest absolute Gasteiger partial charge is 0.132 e. The second-order valence-corrected chi connectivity index (χ2v) is 15.5. The second-order valence-electron chi connectivity index (χ2n) is 15.5. The van der Waals surface area contributed by atoms with Gasteiger partial charge in [-0.1, -0.05) is 176 Å². The Balaban J connectivity index is 1.04. The van der Waals surface area contributed by atoms with Gasteiger partial charge in [-0.15, -0.1) is 0 Å². The Labute approximate surface area is 319 Å². The van der Waals surface area contributed by atoms with E-state index in [-0.39, 0.29) is 0 Å². The van der Waals surface area contributed by atoms with Crippen LogP contribution < -0.4 is 4.74 Å². The zero-order valence-corrected chi connectivity index (χ0v) is 29.9. The molecule has 0 saturated heterocycles. The summed E-state index contributed by atoms with van der Waals surface area (Å²) in [5.74, 6) is 1.82. The maximum Gasteiger partial charge on any atom is 0.132 e. The van der Waals surface area contributed by atoms with E-state index in [0.717, 1.165) is 17.1 Å². The van der Waals surface area contributed by atoms with Gasteiger partial charge in [-0.25, -0.2) is 0 Å². The van der Waals surface area contributed by atoms with Crippen molar-refractivity contribution in [3.05, 3.63) is 239 Å². The highest BCUT2D eigenvalue weighted by Gasteiger charge is 2.53. The van der Waals surface area contributed by atoms with Crippen LogP contribution in [0.2, 0.25) is 0 Å². The highest BCUT2D eigenvalue weighted by Crippen LogP contribution is 2.65. The molecule has 3 aliphatic carbocycles. The average molecular weight is 697 g/mol. The van der Waals surface area contributed by atoms with Gasteiger partial charge < -0.3 is 4.74 Å². The van der Waals surface area contributed by atoms with E-state index >= 15 is 0 Å². The summed E-state index contributed by atoms with van der Waals surface area (Å²) >= 11 is 0. The Morgan fingerprint density at radius 2 is 0.764 bits per heavy atom. The van der Waals surface area contributed by atoms with Crippen LogP contribution >= 0.6 is 0 Å². The Morgan fingerprint density at radius 3 is 1.45 bits per heavy atom. The first-order valence-electron chi connectivity index (χ1n) is 19.3. The van der Waals surface area contributed by atoms with E-state index in [0.29, 0.717) is 0 Å². The number of hydrogen-bond acceptors (Lipinski definition) is 1. The van der Waals surface area contributed by atoms with Gasteiger partial charge in [0.15, 0.2) is 0 Å². The molecule has 0 N–H and O–H groups in total. The fourth-order valence-electron chi connectivity index (χ4n) is 11.1. The van der Waals surface area contributed by atoms with Gasteiger partial charge in [0.05, 0.1) is 10.8 Å². The van der Waals surface area contributed by atoms with Crippen molar-refractivity contribution in [3.8, 4) is 56.0 Å². The van der Waals surface area contributed by atoms with E-state index in [2.05, 4.69) is 194 Å². The first-order chi connectivity index (χ1) is 27.3. The summed E-state index contributed by atoms with van der Waals surface area (Å²) < 4.78 is 6.90. The Bertz CT molecular complexity index is 3100. The molecule has 9 aromatic rings. The first-order valence-corrected chi connectivity index (χ1v) is 19.3. The van der Waals surface area contributed by atoms with Gasteiger partial charge in [-0.3, -0.25) is 0 Å². The first kappa shape index (κ1) is 29.5. The van der Waals surface area contributed by atoms with Gasteiger partial charge in [-0.05, 0) is 107 Å². The molecule has 0 aromatic heterocycles. The van der Waals surface area contributed by atoms with Crippen LogP contribution in [0.25, 0.3) is 55.3 Å². The molecule has 0 saturated carbocycles. The van der Waals surface area contributed by atoms with Crippen molar-refractivity contribution in [1.82, 2.24) is 0 Å². The van der Waals surface area contributed by atoms with Gasteiger partial charge in [0.1, 0.15) is 11.5 Å². The largest absolute Gasteiger partial charge is 0.457 e. The summed E-state index contributed by atoms with van der Waals surface area (Å²) in [6.45, 7) is 0. The summed E-state index contributed by atoms with van der Waals surface area (Å²) in [6, 6.07) is 72.3. The average Bonchev–Trinajstić information content (AvgIpc) is 3.84. The van der Waals surface area contributed by atoms with Crippen LogP contribution in [-0.4, -0.2) is 0 Å². The van der Waals surface area contributed by atoms with Crippen LogP contribution in [0.4, 0.5) is 0 Å². The summed E-state index contributed by atoms with van der Waals surface area (Å²) in [7, 11) is 0. The van der Waals surface area contributed by atoms with E-state index in [1.807, 2.05) is 0 Å². The monoisotopic (exact) mass is 696 g/mol. The van der Waals surface area contributed by atoms with E-state index in [1.54, 1.807) is 0 Å². The minimum Gasteiger partial charge on any atom is -0.457 e. The predicted octanol–water partition coefficient (Wildman–Crippen LogP) is 13.3. The number of benzene rings is 9. The predicted molar refractivity (Wildman–Crippen MR) is 223 cm³/mol. The molecule has 1 unspecified atom stereocenters. The molecule has 1 heterocycles.